The quantitative estimate of drug-likeness (QED) is 0.401. The van der Waals surface area contributed by atoms with Crippen molar-refractivity contribution >= 4 is 39.1 Å². The van der Waals surface area contributed by atoms with Gasteiger partial charge in [-0.25, -0.2) is 18.7 Å². The molecule has 0 radical (unpaired) electrons. The lowest BCUT2D eigenvalue weighted by molar-refractivity contribution is 0.102. The predicted octanol–water partition coefficient (Wildman–Crippen LogP) is 5.78. The van der Waals surface area contributed by atoms with E-state index in [1.807, 2.05) is 13.0 Å². The molecule has 2 N–H and O–H groups in total. The molecule has 1 fully saturated rings. The minimum absolute atomic E-state index is 0.0716. The average Bonchev–Trinajstić information content (AvgIpc) is 3.53. The van der Waals surface area contributed by atoms with Gasteiger partial charge in [-0.2, -0.15) is 0 Å². The fourth-order valence-electron chi connectivity index (χ4n) is 4.04. The standard InChI is InChI=1S/C23H21F2N5OS/c1-13-12-26-23(32-13)29-22(31)16-5-4-6-18-19(16)28-21(27-18)15-8-7-14(11-17(15)20(24)25)30-9-2-3-10-30/h4-8,11-12,20H,2-3,9-10H2,1H3,(H,27,28)(H,26,29,31). The van der Waals surface area contributed by atoms with Crippen molar-refractivity contribution in [1.82, 2.24) is 15.0 Å². The molecule has 0 spiro atoms. The number of benzene rings is 2. The summed E-state index contributed by atoms with van der Waals surface area (Å²) in [7, 11) is 0. The number of amides is 1. The van der Waals surface area contributed by atoms with Crippen molar-refractivity contribution in [3.8, 4) is 11.4 Å². The normalized spacial score (nSPS) is 13.9. The summed E-state index contributed by atoms with van der Waals surface area (Å²) < 4.78 is 27.9. The Bertz CT molecular complexity index is 1290. The van der Waals surface area contributed by atoms with Crippen LogP contribution in [0.15, 0.2) is 42.6 Å². The first kappa shape index (κ1) is 20.6. The maximum absolute atomic E-state index is 14.0. The van der Waals surface area contributed by atoms with E-state index < -0.39 is 6.43 Å². The van der Waals surface area contributed by atoms with Gasteiger partial charge in [-0.05, 0) is 50.1 Å². The van der Waals surface area contributed by atoms with Crippen LogP contribution in [0.5, 0.6) is 0 Å². The van der Waals surface area contributed by atoms with Crippen LogP contribution in [0.1, 0.15) is 40.1 Å². The highest BCUT2D eigenvalue weighted by Gasteiger charge is 2.22. The number of aromatic amines is 1. The van der Waals surface area contributed by atoms with Gasteiger partial charge in [0.25, 0.3) is 12.3 Å². The zero-order valence-electron chi connectivity index (χ0n) is 17.4. The van der Waals surface area contributed by atoms with E-state index in [2.05, 4.69) is 25.2 Å². The summed E-state index contributed by atoms with van der Waals surface area (Å²) in [5, 5.41) is 3.28. The van der Waals surface area contributed by atoms with Gasteiger partial charge in [0.2, 0.25) is 0 Å². The van der Waals surface area contributed by atoms with Crippen LogP contribution >= 0.6 is 11.3 Å². The van der Waals surface area contributed by atoms with Crippen LogP contribution in [0.4, 0.5) is 19.6 Å². The molecule has 1 aliphatic heterocycles. The number of imidazole rings is 1. The molecular formula is C23H21F2N5OS. The number of nitrogens with one attached hydrogen (secondary N) is 2. The third kappa shape index (κ3) is 3.84. The van der Waals surface area contributed by atoms with E-state index in [4.69, 9.17) is 0 Å². The maximum atomic E-state index is 14.0. The van der Waals surface area contributed by atoms with E-state index in [1.54, 1.807) is 36.5 Å². The predicted molar refractivity (Wildman–Crippen MR) is 123 cm³/mol. The monoisotopic (exact) mass is 453 g/mol. The molecule has 1 aliphatic rings. The molecule has 164 valence electrons. The molecule has 0 saturated carbocycles. The van der Waals surface area contributed by atoms with Gasteiger partial charge in [0, 0.05) is 41.0 Å². The zero-order chi connectivity index (χ0) is 22.2. The van der Waals surface area contributed by atoms with Gasteiger partial charge < -0.3 is 9.88 Å². The van der Waals surface area contributed by atoms with Crippen molar-refractivity contribution in [1.29, 1.82) is 0 Å². The molecule has 0 unspecified atom stereocenters. The Morgan fingerprint density at radius 1 is 1.22 bits per heavy atom. The molecular weight excluding hydrogens is 432 g/mol. The number of fused-ring (bicyclic) bond motifs is 1. The number of rotatable bonds is 5. The second kappa shape index (κ2) is 8.31. The summed E-state index contributed by atoms with van der Waals surface area (Å²) in [4.78, 5) is 27.7. The van der Waals surface area contributed by atoms with Crippen LogP contribution in [-0.4, -0.2) is 33.9 Å². The lowest BCUT2D eigenvalue weighted by atomic mass is 10.1. The molecule has 5 rings (SSSR count). The van der Waals surface area contributed by atoms with Gasteiger partial charge >= 0.3 is 0 Å². The first-order valence-electron chi connectivity index (χ1n) is 10.4. The van der Waals surface area contributed by atoms with E-state index in [0.29, 0.717) is 33.1 Å². The number of aryl methyl sites for hydroxylation is 1. The number of aromatic nitrogens is 3. The summed E-state index contributed by atoms with van der Waals surface area (Å²) in [5.41, 5.74) is 2.45. The number of hydrogen-bond donors (Lipinski definition) is 2. The minimum Gasteiger partial charge on any atom is -0.372 e. The number of nitrogens with zero attached hydrogens (tertiary/aromatic N) is 3. The van der Waals surface area contributed by atoms with Crippen LogP contribution < -0.4 is 10.2 Å². The summed E-state index contributed by atoms with van der Waals surface area (Å²) >= 11 is 1.38. The molecule has 3 heterocycles. The molecule has 6 nitrogen and oxygen atoms in total. The van der Waals surface area contributed by atoms with Gasteiger partial charge in [-0.1, -0.05) is 6.07 Å². The minimum atomic E-state index is -2.64. The Labute approximate surface area is 187 Å². The molecule has 4 aromatic rings. The molecule has 1 saturated heterocycles. The molecule has 0 aliphatic carbocycles. The van der Waals surface area contributed by atoms with Crippen molar-refractivity contribution in [2.75, 3.05) is 23.3 Å². The molecule has 32 heavy (non-hydrogen) atoms. The van der Waals surface area contributed by atoms with E-state index in [0.717, 1.165) is 36.5 Å². The molecule has 9 heteroatoms. The van der Waals surface area contributed by atoms with E-state index in [-0.39, 0.29) is 11.5 Å². The number of halogens is 2. The van der Waals surface area contributed by atoms with Crippen molar-refractivity contribution in [3.05, 3.63) is 58.6 Å². The van der Waals surface area contributed by atoms with Crippen LogP contribution in [0.2, 0.25) is 0 Å². The third-order valence-electron chi connectivity index (χ3n) is 5.60. The Morgan fingerprint density at radius 3 is 2.75 bits per heavy atom. The zero-order valence-corrected chi connectivity index (χ0v) is 18.2. The number of hydrogen-bond acceptors (Lipinski definition) is 5. The fourth-order valence-corrected chi connectivity index (χ4v) is 4.70. The lowest BCUT2D eigenvalue weighted by Crippen LogP contribution is -2.17. The van der Waals surface area contributed by atoms with Crippen molar-refractivity contribution in [2.24, 2.45) is 0 Å². The Hall–Kier alpha value is -3.33. The number of alkyl halides is 2. The van der Waals surface area contributed by atoms with Gasteiger partial charge in [0.05, 0.1) is 11.1 Å². The molecule has 0 atom stereocenters. The fraction of sp³-hybridized carbons (Fsp3) is 0.261. The van der Waals surface area contributed by atoms with Gasteiger partial charge in [-0.15, -0.1) is 11.3 Å². The van der Waals surface area contributed by atoms with E-state index in [1.165, 1.54) is 11.3 Å². The summed E-state index contributed by atoms with van der Waals surface area (Å²) in [5.74, 6) is -0.0323. The largest absolute Gasteiger partial charge is 0.372 e. The molecule has 1 amide bonds. The van der Waals surface area contributed by atoms with Gasteiger partial charge in [0.15, 0.2) is 5.13 Å². The number of carbonyl (C=O) groups excluding carboxylic acids is 1. The number of anilines is 2. The van der Waals surface area contributed by atoms with Crippen LogP contribution in [0, 0.1) is 6.92 Å². The first-order valence-corrected chi connectivity index (χ1v) is 11.2. The van der Waals surface area contributed by atoms with Crippen LogP contribution in [0.3, 0.4) is 0 Å². The van der Waals surface area contributed by atoms with Gasteiger partial charge in [-0.3, -0.25) is 10.1 Å². The SMILES string of the molecule is Cc1cnc(NC(=O)c2cccc3[nH]c(-c4ccc(N5CCCC5)cc4C(F)F)nc23)s1. The molecule has 2 aromatic heterocycles. The van der Waals surface area contributed by atoms with Crippen molar-refractivity contribution in [3.63, 3.8) is 0 Å². The van der Waals surface area contributed by atoms with Gasteiger partial charge in [0.1, 0.15) is 11.3 Å². The first-order chi connectivity index (χ1) is 15.5. The topological polar surface area (TPSA) is 73.9 Å². The highest BCUT2D eigenvalue weighted by atomic mass is 32.1. The molecule has 2 aromatic carbocycles. The Kier molecular flexibility index (Phi) is 5.34. The number of thiazole rings is 1. The second-order valence-corrected chi connectivity index (χ2v) is 9.02. The summed E-state index contributed by atoms with van der Waals surface area (Å²) in [6.07, 6.45) is 1.18. The lowest BCUT2D eigenvalue weighted by Gasteiger charge is -2.19. The average molecular weight is 454 g/mol. The summed E-state index contributed by atoms with van der Waals surface area (Å²) in [6, 6.07) is 10.3. The van der Waals surface area contributed by atoms with E-state index >= 15 is 0 Å². The Balaban J connectivity index is 1.52. The van der Waals surface area contributed by atoms with E-state index in [9.17, 15) is 13.6 Å². The smallest absolute Gasteiger partial charge is 0.264 e. The number of H-pyrrole nitrogens is 1. The second-order valence-electron chi connectivity index (χ2n) is 7.78. The van der Waals surface area contributed by atoms with Crippen molar-refractivity contribution in [2.45, 2.75) is 26.2 Å². The van der Waals surface area contributed by atoms with Crippen LogP contribution in [0.25, 0.3) is 22.4 Å². The Morgan fingerprint density at radius 2 is 2.03 bits per heavy atom. The molecule has 0 bridgehead atoms. The van der Waals surface area contributed by atoms with Crippen LogP contribution in [-0.2, 0) is 0 Å². The third-order valence-corrected chi connectivity index (χ3v) is 6.42. The van der Waals surface area contributed by atoms with Crippen molar-refractivity contribution < 1.29 is 13.6 Å². The number of para-hydroxylation sites is 1. The highest BCUT2D eigenvalue weighted by Crippen LogP contribution is 2.35. The maximum Gasteiger partial charge on any atom is 0.264 e. The highest BCUT2D eigenvalue weighted by molar-refractivity contribution is 7.15. The summed E-state index contributed by atoms with van der Waals surface area (Å²) in [6.45, 7) is 3.66. The number of carbonyl (C=O) groups is 1.